The van der Waals surface area contributed by atoms with Crippen LogP contribution in [0.15, 0.2) is 0 Å². The van der Waals surface area contributed by atoms with Crippen LogP contribution >= 0.6 is 0 Å². The molecule has 0 saturated heterocycles. The second kappa shape index (κ2) is 171. The molecular weight excluding hydrogens is 177 g/mol. The van der Waals surface area contributed by atoms with E-state index in [2.05, 4.69) is 0 Å². The number of isocyanates is 2. The second-order valence-electron chi connectivity index (χ2n) is 0.183. The van der Waals surface area contributed by atoms with Gasteiger partial charge in [-0.2, -0.15) is 0 Å². The predicted molar refractivity (Wildman–Crippen MR) is 28.7 cm³/mol. The Balaban J connectivity index is -0.00000000889. The summed E-state index contributed by atoms with van der Waals surface area (Å²) in [6, 6.07) is 0. The number of rotatable bonds is 0. The molecule has 4 N–H and O–H groups in total. The normalized spacial score (nSPS) is 1.78. The van der Waals surface area contributed by atoms with Gasteiger partial charge in [-0.3, -0.25) is 9.59 Å². The quantitative estimate of drug-likeness (QED) is 0.314. The molecule has 0 bridgehead atoms. The average Bonchev–Trinajstić information content (AvgIpc) is 1.39. The van der Waals surface area contributed by atoms with Crippen LogP contribution in [0.1, 0.15) is 0 Å². The molecule has 0 saturated carbocycles. The fourth-order valence-corrected chi connectivity index (χ4v) is 0. The van der Waals surface area contributed by atoms with E-state index in [0.717, 1.165) is 0 Å². The Hall–Kier alpha value is -0.697. The third-order valence-corrected chi connectivity index (χ3v) is 0. The molecule has 0 rings (SSSR count). The van der Waals surface area contributed by atoms with Crippen molar-refractivity contribution >= 4 is 12.2 Å². The zero-order chi connectivity index (χ0) is 5.41. The van der Waals surface area contributed by atoms with Crippen LogP contribution in [0.5, 0.6) is 0 Å². The Bertz CT molecular complexity index is 70.6. The van der Waals surface area contributed by atoms with Crippen LogP contribution in [0, 0.1) is 0 Å². The number of carbonyl (C=O) groups excluding carboxylic acids is 2. The van der Waals surface area contributed by atoms with E-state index in [0.29, 0.717) is 12.2 Å². The molecule has 9 heavy (non-hydrogen) atoms. The van der Waals surface area contributed by atoms with Crippen LogP contribution in [0.25, 0.3) is 23.1 Å². The van der Waals surface area contributed by atoms with Gasteiger partial charge in [-0.1, -0.05) is 0 Å². The summed E-state index contributed by atoms with van der Waals surface area (Å²) < 4.78 is 0. The maximum absolute atomic E-state index is 8.24. The van der Waals surface area contributed by atoms with Gasteiger partial charge in [0, 0.05) is 19.5 Å². The van der Waals surface area contributed by atoms with Crippen LogP contribution < -0.4 is 0 Å². The second-order valence-corrected chi connectivity index (χ2v) is 0.183. The Kier molecular flexibility index (Phi) is 770. The van der Waals surface area contributed by atoms with E-state index < -0.39 is 0 Å². The van der Waals surface area contributed by atoms with Gasteiger partial charge in [0.25, 0.3) is 0 Å². The molecule has 0 unspecified atom stereocenters. The molecule has 6 nitrogen and oxygen atoms in total. The van der Waals surface area contributed by atoms with E-state index in [1.807, 2.05) is 0 Å². The summed E-state index contributed by atoms with van der Waals surface area (Å²) in [4.78, 5) is 16.5. The smallest absolute Gasteiger partial charge is 0 e. The first-order chi connectivity index (χ1) is 2.83. The maximum atomic E-state index is 8.24. The summed E-state index contributed by atoms with van der Waals surface area (Å²) in [5, 5.41) is 13.5. The molecule has 0 aliphatic heterocycles. The van der Waals surface area contributed by atoms with Crippen molar-refractivity contribution in [1.82, 2.24) is 0 Å². The van der Waals surface area contributed by atoms with E-state index in [-0.39, 0.29) is 31.8 Å². The topological polar surface area (TPSA) is 146 Å². The molecule has 50 valence electrons. The standard InChI is InChI=1S/2CNO.2H2N.Zn/c2*2-1-3;;;/h;;2*1H2;/q4*-1;. The maximum Gasteiger partial charge on any atom is 0 e. The Morgan fingerprint density at radius 1 is 0.889 bits per heavy atom. The van der Waals surface area contributed by atoms with Gasteiger partial charge in [0.2, 0.25) is 0 Å². The summed E-state index contributed by atoms with van der Waals surface area (Å²) in [6.07, 6.45) is 1.00. The van der Waals surface area contributed by atoms with Crippen molar-refractivity contribution in [2.24, 2.45) is 0 Å². The Labute approximate surface area is 65.0 Å². The number of nitrogens with zero attached hydrogens (tertiary/aromatic N) is 2. The van der Waals surface area contributed by atoms with Gasteiger partial charge >= 0.3 is 0 Å². The number of hydrogen-bond acceptors (Lipinski definition) is 2. The van der Waals surface area contributed by atoms with Gasteiger partial charge in [-0.05, 0) is 12.2 Å². The molecule has 0 aromatic heterocycles. The van der Waals surface area contributed by atoms with Crippen molar-refractivity contribution in [3.63, 3.8) is 0 Å². The molecule has 0 spiro atoms. The van der Waals surface area contributed by atoms with Gasteiger partial charge in [0.1, 0.15) is 0 Å². The number of hydrogen-bond donors (Lipinski definition) is 0. The molecule has 0 heterocycles. The van der Waals surface area contributed by atoms with Gasteiger partial charge < -0.3 is 23.1 Å². The van der Waals surface area contributed by atoms with Crippen molar-refractivity contribution in [3.05, 3.63) is 23.1 Å². The third-order valence-electron chi connectivity index (χ3n) is 0. The van der Waals surface area contributed by atoms with E-state index in [4.69, 9.17) is 20.4 Å². The van der Waals surface area contributed by atoms with Crippen molar-refractivity contribution in [3.8, 4) is 0 Å². The van der Waals surface area contributed by atoms with E-state index >= 15 is 0 Å². The minimum absolute atomic E-state index is 0. The molecule has 7 heteroatoms. The molecule has 0 aliphatic carbocycles. The SMILES string of the molecule is [N-]=C=O.[N-]=C=O.[NH2-].[NH2-].[Zn]. The van der Waals surface area contributed by atoms with Crippen molar-refractivity contribution in [2.45, 2.75) is 0 Å². The van der Waals surface area contributed by atoms with Crippen LogP contribution in [-0.2, 0) is 29.1 Å². The van der Waals surface area contributed by atoms with Gasteiger partial charge in [-0.25, -0.2) is 0 Å². The largest absolute Gasteiger partial charge is 0.724 e. The fraction of sp³-hybridized carbons (Fsp3) is 0. The minimum atomic E-state index is 0. The van der Waals surface area contributed by atoms with Crippen molar-refractivity contribution in [2.75, 3.05) is 0 Å². The Morgan fingerprint density at radius 2 is 0.889 bits per heavy atom. The summed E-state index contributed by atoms with van der Waals surface area (Å²) in [6.45, 7) is 0. The molecule has 0 fully saturated rings. The van der Waals surface area contributed by atoms with Crippen LogP contribution in [0.3, 0.4) is 0 Å². The zero-order valence-electron chi connectivity index (χ0n) is 4.57. The molecule has 0 atom stereocenters. The summed E-state index contributed by atoms with van der Waals surface area (Å²) in [5.41, 5.74) is 0. The monoisotopic (exact) mass is 180 g/mol. The van der Waals surface area contributed by atoms with Crippen molar-refractivity contribution < 1.29 is 29.1 Å². The predicted octanol–water partition coefficient (Wildman–Crippen LogP) is 1.21. The van der Waals surface area contributed by atoms with Crippen LogP contribution in [-0.4, -0.2) is 12.2 Å². The summed E-state index contributed by atoms with van der Waals surface area (Å²) in [5.74, 6) is 0. The molecule has 0 radical (unpaired) electrons. The molecule has 0 amide bonds. The first kappa shape index (κ1) is 40.6. The van der Waals surface area contributed by atoms with E-state index in [1.54, 1.807) is 0 Å². The summed E-state index contributed by atoms with van der Waals surface area (Å²) in [7, 11) is 0. The molecule has 0 aromatic rings. The van der Waals surface area contributed by atoms with E-state index in [9.17, 15) is 0 Å². The van der Waals surface area contributed by atoms with Gasteiger partial charge in [-0.15, -0.1) is 0 Å². The molecule has 0 aromatic carbocycles. The third kappa shape index (κ3) is 423. The first-order valence-electron chi connectivity index (χ1n) is 0.855. The van der Waals surface area contributed by atoms with Crippen LogP contribution in [0.2, 0.25) is 0 Å². The number of nitrogens with two attached hydrogens (primary N) is 2. The van der Waals surface area contributed by atoms with Crippen molar-refractivity contribution in [1.29, 1.82) is 0 Å². The fourth-order valence-electron chi connectivity index (χ4n) is 0. The first-order valence-corrected chi connectivity index (χ1v) is 0.855. The van der Waals surface area contributed by atoms with Gasteiger partial charge in [0.05, 0.1) is 0 Å². The van der Waals surface area contributed by atoms with Gasteiger partial charge in [0.15, 0.2) is 0 Å². The van der Waals surface area contributed by atoms with E-state index in [1.165, 1.54) is 0 Å². The minimum Gasteiger partial charge on any atom is -0.724 e. The Morgan fingerprint density at radius 3 is 0.889 bits per heavy atom. The average molecular weight is 181 g/mol. The zero-order valence-corrected chi connectivity index (χ0v) is 7.54. The molecule has 0 aliphatic rings. The van der Waals surface area contributed by atoms with Crippen LogP contribution in [0.4, 0.5) is 0 Å². The summed E-state index contributed by atoms with van der Waals surface area (Å²) >= 11 is 0. The molecular formula is C2H4N4O2Zn-4.